The van der Waals surface area contributed by atoms with E-state index >= 15 is 0 Å². The number of carboxylic acid groups (broad SMARTS) is 1. The van der Waals surface area contributed by atoms with Gasteiger partial charge in [0.05, 0.1) is 29.9 Å². The van der Waals surface area contributed by atoms with Crippen LogP contribution >= 0.6 is 27.3 Å². The summed E-state index contributed by atoms with van der Waals surface area (Å²) < 4.78 is 0.705. The molecular formula is C24H25BrN4O4S. The van der Waals surface area contributed by atoms with E-state index in [1.54, 1.807) is 11.4 Å². The van der Waals surface area contributed by atoms with Gasteiger partial charge in [0.25, 0.3) is 0 Å². The fourth-order valence-electron chi connectivity index (χ4n) is 4.41. The zero-order valence-electron chi connectivity index (χ0n) is 18.2. The number of nitrogens with two attached hydrogens (primary N) is 1. The van der Waals surface area contributed by atoms with Crippen molar-refractivity contribution in [2.75, 3.05) is 11.1 Å². The quantitative estimate of drug-likeness (QED) is 0.347. The molecule has 1 aromatic heterocycles. The molecule has 2 heterocycles. The highest BCUT2D eigenvalue weighted by molar-refractivity contribution is 9.10. The lowest BCUT2D eigenvalue weighted by Crippen LogP contribution is -2.44. The molecule has 8 nitrogen and oxygen atoms in total. The average molecular weight is 545 g/mol. The van der Waals surface area contributed by atoms with Gasteiger partial charge >= 0.3 is 6.09 Å². The zero-order chi connectivity index (χ0) is 24.2. The first-order chi connectivity index (χ1) is 16.3. The normalized spacial score (nSPS) is 18.6. The molecule has 0 bridgehead atoms. The number of carbonyl (C=O) groups excluding carboxylic acids is 1. The smallest absolute Gasteiger partial charge is 0.407 e. The van der Waals surface area contributed by atoms with Crippen LogP contribution in [0.15, 0.2) is 58.4 Å². The van der Waals surface area contributed by atoms with Gasteiger partial charge in [-0.15, -0.1) is 11.3 Å². The zero-order valence-corrected chi connectivity index (χ0v) is 20.6. The monoisotopic (exact) mass is 544 g/mol. The van der Waals surface area contributed by atoms with Crippen LogP contribution < -0.4 is 11.1 Å². The van der Waals surface area contributed by atoms with E-state index < -0.39 is 18.2 Å². The maximum atomic E-state index is 12.3. The number of carbonyl (C=O) groups is 2. The summed E-state index contributed by atoms with van der Waals surface area (Å²) in [5.74, 6) is -0.204. The summed E-state index contributed by atoms with van der Waals surface area (Å²) in [6.45, 7) is 0. The second kappa shape index (κ2) is 10.5. The molecule has 2 amide bonds. The minimum atomic E-state index is -1.03. The molecule has 0 aliphatic carbocycles. The first-order valence-electron chi connectivity index (χ1n) is 10.8. The molecule has 1 aliphatic heterocycles. The van der Waals surface area contributed by atoms with Crippen LogP contribution in [-0.4, -0.2) is 44.2 Å². The molecular weight excluding hydrogens is 520 g/mol. The number of aliphatic hydroxyl groups excluding tert-OH is 1. The molecule has 0 radical (unpaired) electrons. The summed E-state index contributed by atoms with van der Waals surface area (Å²) in [6, 6.07) is 14.0. The molecule has 1 aliphatic rings. The highest BCUT2D eigenvalue weighted by Crippen LogP contribution is 2.35. The number of hydrogen-bond acceptors (Lipinski definition) is 6. The van der Waals surface area contributed by atoms with E-state index in [1.165, 1.54) is 16.2 Å². The Kier molecular flexibility index (Phi) is 7.50. The van der Waals surface area contributed by atoms with Crippen LogP contribution in [0.5, 0.6) is 0 Å². The lowest BCUT2D eigenvalue weighted by atomic mass is 10.0. The van der Waals surface area contributed by atoms with Crippen molar-refractivity contribution in [3.05, 3.63) is 75.2 Å². The molecule has 1 saturated heterocycles. The summed E-state index contributed by atoms with van der Waals surface area (Å²) >= 11 is 4.80. The van der Waals surface area contributed by atoms with Crippen molar-refractivity contribution in [3.63, 3.8) is 0 Å². The van der Waals surface area contributed by atoms with E-state index in [2.05, 4.69) is 26.2 Å². The predicted octanol–water partition coefficient (Wildman–Crippen LogP) is 4.46. The van der Waals surface area contributed by atoms with Gasteiger partial charge in [-0.05, 0) is 58.5 Å². The fourth-order valence-corrected chi connectivity index (χ4v) is 5.50. The number of aliphatic hydroxyl groups is 1. The molecule has 10 heteroatoms. The molecule has 3 aromatic rings. The fraction of sp³-hybridized carbons (Fsp3) is 0.292. The Morgan fingerprint density at radius 2 is 2.00 bits per heavy atom. The minimum Gasteiger partial charge on any atom is -0.465 e. The lowest BCUT2D eigenvalue weighted by molar-refractivity contribution is -0.115. The van der Waals surface area contributed by atoms with E-state index in [0.717, 1.165) is 5.56 Å². The van der Waals surface area contributed by atoms with Crippen molar-refractivity contribution >= 4 is 50.1 Å². The van der Waals surface area contributed by atoms with Gasteiger partial charge in [0.15, 0.2) is 5.13 Å². The van der Waals surface area contributed by atoms with Crippen LogP contribution in [0.4, 0.5) is 15.6 Å². The second-order valence-corrected chi connectivity index (χ2v) is 10.0. The van der Waals surface area contributed by atoms with Crippen molar-refractivity contribution in [2.24, 2.45) is 0 Å². The number of thiazole rings is 1. The Balaban J connectivity index is 1.42. The van der Waals surface area contributed by atoms with E-state index in [4.69, 9.17) is 5.73 Å². The van der Waals surface area contributed by atoms with E-state index in [-0.39, 0.29) is 18.4 Å². The molecule has 2 aromatic carbocycles. The molecule has 1 fully saturated rings. The van der Waals surface area contributed by atoms with Gasteiger partial charge in [0.1, 0.15) is 0 Å². The molecule has 5 N–H and O–H groups in total. The number of halogens is 1. The summed E-state index contributed by atoms with van der Waals surface area (Å²) in [5, 5.41) is 25.8. The summed E-state index contributed by atoms with van der Waals surface area (Å²) in [4.78, 5) is 29.9. The number of hydrogen-bond donors (Lipinski definition) is 4. The van der Waals surface area contributed by atoms with Gasteiger partial charge in [-0.2, -0.15) is 0 Å². The Labute approximate surface area is 209 Å². The third-order valence-electron chi connectivity index (χ3n) is 5.96. The average Bonchev–Trinajstić information content (AvgIpc) is 3.41. The van der Waals surface area contributed by atoms with Crippen molar-refractivity contribution in [1.29, 1.82) is 0 Å². The van der Waals surface area contributed by atoms with Gasteiger partial charge < -0.3 is 21.3 Å². The third kappa shape index (κ3) is 5.57. The summed E-state index contributed by atoms with van der Waals surface area (Å²) in [5.41, 5.74) is 8.50. The van der Waals surface area contributed by atoms with Gasteiger partial charge in [0.2, 0.25) is 5.91 Å². The molecule has 34 heavy (non-hydrogen) atoms. The number of amides is 2. The van der Waals surface area contributed by atoms with Crippen molar-refractivity contribution in [2.45, 2.75) is 43.9 Å². The van der Waals surface area contributed by atoms with E-state index in [9.17, 15) is 19.8 Å². The predicted molar refractivity (Wildman–Crippen MR) is 135 cm³/mol. The maximum absolute atomic E-state index is 12.3. The van der Waals surface area contributed by atoms with Crippen LogP contribution in [0.3, 0.4) is 0 Å². The van der Waals surface area contributed by atoms with E-state index in [1.807, 2.05) is 42.5 Å². The molecule has 4 rings (SSSR count). The number of likely N-dealkylation sites (tertiary alicyclic amines) is 1. The minimum absolute atomic E-state index is 0.128. The van der Waals surface area contributed by atoms with E-state index in [0.29, 0.717) is 45.8 Å². The molecule has 3 atom stereocenters. The van der Waals surface area contributed by atoms with Crippen LogP contribution in [0.2, 0.25) is 0 Å². The van der Waals surface area contributed by atoms with Gasteiger partial charge in [-0.25, -0.2) is 9.78 Å². The second-order valence-electron chi connectivity index (χ2n) is 8.26. The first-order valence-corrected chi connectivity index (χ1v) is 12.5. The molecule has 0 spiro atoms. The Morgan fingerprint density at radius 1 is 1.24 bits per heavy atom. The topological polar surface area (TPSA) is 129 Å². The molecule has 178 valence electrons. The van der Waals surface area contributed by atoms with Gasteiger partial charge in [-0.1, -0.05) is 36.4 Å². The number of nitrogen functional groups attached to an aromatic ring is 1. The van der Waals surface area contributed by atoms with Crippen LogP contribution in [-0.2, 0) is 17.6 Å². The highest BCUT2D eigenvalue weighted by atomic mass is 79.9. The molecule has 0 saturated carbocycles. The van der Waals surface area contributed by atoms with Crippen LogP contribution in [0.1, 0.15) is 35.8 Å². The standard InChI is InChI=1S/C24H25BrN4O4S/c25-18-11-14(6-8-19(18)28-21(30)12-16-13-34-23(26)27-16)10-17-7-9-20(29(17)24(32)33)22(31)15-4-2-1-3-5-15/h1-6,8,11,13,17,20,22,31H,7,9-10,12H2,(H2,26,27)(H,28,30)(H,32,33)/t17-,20+,22?/m0/s1. The van der Waals surface area contributed by atoms with Crippen LogP contribution in [0, 0.1) is 0 Å². The van der Waals surface area contributed by atoms with Crippen molar-refractivity contribution in [3.8, 4) is 0 Å². The number of rotatable bonds is 7. The Bertz CT molecular complexity index is 1170. The summed E-state index contributed by atoms with van der Waals surface area (Å²) in [7, 11) is 0. The van der Waals surface area contributed by atoms with Gasteiger partial charge in [0, 0.05) is 15.9 Å². The Hall–Kier alpha value is -2.95. The number of benzene rings is 2. The number of nitrogens with zero attached hydrogens (tertiary/aromatic N) is 2. The summed E-state index contributed by atoms with van der Waals surface area (Å²) in [6.07, 6.45) is -0.0254. The third-order valence-corrected chi connectivity index (χ3v) is 7.34. The Morgan fingerprint density at radius 3 is 2.65 bits per heavy atom. The number of aromatic nitrogens is 1. The van der Waals surface area contributed by atoms with Gasteiger partial charge in [-0.3, -0.25) is 9.69 Å². The number of nitrogens with one attached hydrogen (secondary N) is 1. The van der Waals surface area contributed by atoms with Crippen molar-refractivity contribution in [1.82, 2.24) is 9.88 Å². The van der Waals surface area contributed by atoms with Crippen molar-refractivity contribution < 1.29 is 19.8 Å². The lowest BCUT2D eigenvalue weighted by Gasteiger charge is -2.31. The van der Waals surface area contributed by atoms with Crippen LogP contribution in [0.25, 0.3) is 0 Å². The first kappa shape index (κ1) is 24.2. The number of anilines is 2. The largest absolute Gasteiger partial charge is 0.465 e. The highest BCUT2D eigenvalue weighted by Gasteiger charge is 2.41. The SMILES string of the molecule is Nc1nc(CC(=O)Nc2ccc(C[C@@H]3CC[C@H](C(O)c4ccccc4)N3C(=O)O)cc2Br)cs1. The molecule has 1 unspecified atom stereocenters. The maximum Gasteiger partial charge on any atom is 0.407 e.